The van der Waals surface area contributed by atoms with Gasteiger partial charge < -0.3 is 10.1 Å². The minimum atomic E-state index is 0.312. The van der Waals surface area contributed by atoms with E-state index in [1.165, 1.54) is 81.0 Å². The van der Waals surface area contributed by atoms with Crippen molar-refractivity contribution in [3.63, 3.8) is 0 Å². The molecule has 0 aromatic heterocycles. The zero-order valence-corrected chi connectivity index (χ0v) is 25.6. The molecular weight excluding hydrogens is 426 g/mol. The minimum Gasteiger partial charge on any atom is -0.490 e. The zero-order valence-electron chi connectivity index (χ0n) is 25.6. The van der Waals surface area contributed by atoms with Gasteiger partial charge in [-0.2, -0.15) is 0 Å². The lowest BCUT2D eigenvalue weighted by atomic mass is 9.91. The predicted octanol–water partition coefficient (Wildman–Crippen LogP) is 10.9. The van der Waals surface area contributed by atoms with Crippen molar-refractivity contribution in [3.8, 4) is 0 Å². The SMILES string of the molecule is CC.CC.CCC(CC)OC(=C(C)C)c1ccc(C2CCCNC2)cc1.CCCCCCCCC. The molecule has 0 aliphatic carbocycles. The molecule has 0 amide bonds. The van der Waals surface area contributed by atoms with Crippen LogP contribution in [-0.2, 0) is 4.74 Å². The highest BCUT2D eigenvalue weighted by molar-refractivity contribution is 5.62. The summed E-state index contributed by atoms with van der Waals surface area (Å²) < 4.78 is 6.25. The normalized spacial score (nSPS) is 14.4. The number of nitrogens with one attached hydrogen (secondary N) is 1. The first kappa shape index (κ1) is 35.9. The van der Waals surface area contributed by atoms with Gasteiger partial charge in [0, 0.05) is 12.1 Å². The summed E-state index contributed by atoms with van der Waals surface area (Å²) >= 11 is 0. The predicted molar refractivity (Wildman–Crippen MR) is 161 cm³/mol. The summed E-state index contributed by atoms with van der Waals surface area (Å²) in [5, 5.41) is 3.50. The Morgan fingerprint density at radius 1 is 0.829 bits per heavy atom. The molecule has 2 rings (SSSR count). The highest BCUT2D eigenvalue weighted by atomic mass is 16.5. The van der Waals surface area contributed by atoms with E-state index in [0.29, 0.717) is 12.0 Å². The summed E-state index contributed by atoms with van der Waals surface area (Å²) in [4.78, 5) is 0. The van der Waals surface area contributed by atoms with Crippen molar-refractivity contribution in [3.05, 3.63) is 41.0 Å². The van der Waals surface area contributed by atoms with Crippen molar-refractivity contribution in [1.29, 1.82) is 0 Å². The van der Waals surface area contributed by atoms with Crippen molar-refractivity contribution in [2.45, 2.75) is 152 Å². The lowest BCUT2D eigenvalue weighted by molar-refractivity contribution is 0.157. The van der Waals surface area contributed by atoms with Crippen LogP contribution in [0.1, 0.15) is 157 Å². The van der Waals surface area contributed by atoms with Gasteiger partial charge in [0.15, 0.2) is 0 Å². The van der Waals surface area contributed by atoms with Crippen molar-refractivity contribution in [2.24, 2.45) is 0 Å². The molecule has 0 spiro atoms. The fourth-order valence-corrected chi connectivity index (χ4v) is 4.17. The number of benzene rings is 1. The summed E-state index contributed by atoms with van der Waals surface area (Å²) in [6.45, 7) is 23.5. The number of unbranched alkanes of at least 4 members (excludes halogenated alkanes) is 6. The largest absolute Gasteiger partial charge is 0.490 e. The maximum absolute atomic E-state index is 6.25. The fourth-order valence-electron chi connectivity index (χ4n) is 4.17. The Kier molecular flexibility index (Phi) is 26.5. The summed E-state index contributed by atoms with van der Waals surface area (Å²) in [6.07, 6.45) is 15.0. The van der Waals surface area contributed by atoms with Gasteiger partial charge in [0.25, 0.3) is 0 Å². The van der Waals surface area contributed by atoms with Gasteiger partial charge in [-0.1, -0.05) is 125 Å². The average molecular weight is 490 g/mol. The van der Waals surface area contributed by atoms with Gasteiger partial charge in [0.2, 0.25) is 0 Å². The molecular formula is C33H63NO. The molecule has 2 heteroatoms. The molecule has 1 aromatic carbocycles. The van der Waals surface area contributed by atoms with Crippen LogP contribution in [0.3, 0.4) is 0 Å². The number of hydrogen-bond acceptors (Lipinski definition) is 2. The monoisotopic (exact) mass is 489 g/mol. The number of ether oxygens (including phenoxy) is 1. The lowest BCUT2D eigenvalue weighted by Gasteiger charge is -2.24. The molecule has 1 saturated heterocycles. The van der Waals surface area contributed by atoms with E-state index in [9.17, 15) is 0 Å². The average Bonchev–Trinajstić information content (AvgIpc) is 2.92. The Morgan fingerprint density at radius 3 is 1.74 bits per heavy atom. The van der Waals surface area contributed by atoms with E-state index in [2.05, 4.69) is 71.1 Å². The van der Waals surface area contributed by atoms with Crippen LogP contribution in [-0.4, -0.2) is 19.2 Å². The topological polar surface area (TPSA) is 21.3 Å². The van der Waals surface area contributed by atoms with Crippen LogP contribution in [0.4, 0.5) is 0 Å². The molecule has 35 heavy (non-hydrogen) atoms. The van der Waals surface area contributed by atoms with Gasteiger partial charge in [0.05, 0.1) is 6.10 Å². The first-order chi connectivity index (χ1) is 17.1. The van der Waals surface area contributed by atoms with Gasteiger partial charge in [-0.25, -0.2) is 0 Å². The molecule has 1 fully saturated rings. The third-order valence-electron chi connectivity index (χ3n) is 6.30. The lowest BCUT2D eigenvalue weighted by Crippen LogP contribution is -2.28. The van der Waals surface area contributed by atoms with Gasteiger partial charge in [-0.3, -0.25) is 0 Å². The standard InChI is InChI=1S/C20H31NO.C9H20.2C2H6/c1-5-19(6-2)22-20(15(3)4)17-11-9-16(10-12-17)18-8-7-13-21-14-18;1-3-5-7-9-8-6-4-2;2*1-2/h9-12,18-19,21H,5-8,13-14H2,1-4H3;3-9H2,1-2H3;2*1-2H3. The first-order valence-corrected chi connectivity index (χ1v) is 15.2. The molecule has 1 N–H and O–H groups in total. The third-order valence-corrected chi connectivity index (χ3v) is 6.30. The van der Waals surface area contributed by atoms with Crippen LogP contribution in [0.2, 0.25) is 0 Å². The number of hydrogen-bond donors (Lipinski definition) is 1. The van der Waals surface area contributed by atoms with E-state index in [1.807, 2.05) is 27.7 Å². The summed E-state index contributed by atoms with van der Waals surface area (Å²) in [7, 11) is 0. The van der Waals surface area contributed by atoms with Gasteiger partial charge in [-0.15, -0.1) is 0 Å². The second-order valence-electron chi connectivity index (χ2n) is 9.32. The van der Waals surface area contributed by atoms with Crippen LogP contribution in [0.5, 0.6) is 0 Å². The second kappa shape index (κ2) is 25.8. The van der Waals surface area contributed by atoms with E-state index < -0.39 is 0 Å². The fraction of sp³-hybridized carbons (Fsp3) is 0.758. The van der Waals surface area contributed by atoms with Gasteiger partial charge >= 0.3 is 0 Å². The number of allylic oxidation sites excluding steroid dienone is 1. The molecule has 1 heterocycles. The Hall–Kier alpha value is -1.28. The second-order valence-corrected chi connectivity index (χ2v) is 9.32. The molecule has 1 aliphatic heterocycles. The molecule has 1 aliphatic rings. The van der Waals surface area contributed by atoms with Crippen LogP contribution in [0.15, 0.2) is 29.8 Å². The summed E-state index contributed by atoms with van der Waals surface area (Å²) in [5.74, 6) is 1.72. The van der Waals surface area contributed by atoms with Crippen LogP contribution in [0, 0.1) is 0 Å². The molecule has 0 radical (unpaired) electrons. The van der Waals surface area contributed by atoms with Gasteiger partial charge in [0.1, 0.15) is 5.76 Å². The van der Waals surface area contributed by atoms with E-state index in [-0.39, 0.29) is 0 Å². The van der Waals surface area contributed by atoms with Crippen molar-refractivity contribution >= 4 is 5.76 Å². The van der Waals surface area contributed by atoms with E-state index in [1.54, 1.807) is 0 Å². The quantitative estimate of drug-likeness (QED) is 0.233. The molecule has 0 bridgehead atoms. The smallest absolute Gasteiger partial charge is 0.125 e. The first-order valence-electron chi connectivity index (χ1n) is 15.2. The minimum absolute atomic E-state index is 0.312. The van der Waals surface area contributed by atoms with Crippen LogP contribution < -0.4 is 5.32 Å². The Balaban J connectivity index is 0. The molecule has 1 unspecified atom stereocenters. The van der Waals surface area contributed by atoms with E-state index in [4.69, 9.17) is 4.74 Å². The Morgan fingerprint density at radius 2 is 1.34 bits per heavy atom. The highest BCUT2D eigenvalue weighted by Gasteiger charge is 2.16. The summed E-state index contributed by atoms with van der Waals surface area (Å²) in [6, 6.07) is 9.03. The van der Waals surface area contributed by atoms with Crippen molar-refractivity contribution in [2.75, 3.05) is 13.1 Å². The van der Waals surface area contributed by atoms with Crippen molar-refractivity contribution in [1.82, 2.24) is 5.32 Å². The number of rotatable bonds is 12. The van der Waals surface area contributed by atoms with Crippen LogP contribution >= 0.6 is 0 Å². The van der Waals surface area contributed by atoms with E-state index in [0.717, 1.165) is 25.1 Å². The maximum Gasteiger partial charge on any atom is 0.125 e. The van der Waals surface area contributed by atoms with Crippen molar-refractivity contribution < 1.29 is 4.74 Å². The third kappa shape index (κ3) is 16.9. The maximum atomic E-state index is 6.25. The van der Waals surface area contributed by atoms with Gasteiger partial charge in [-0.05, 0) is 63.1 Å². The molecule has 2 nitrogen and oxygen atoms in total. The Bertz CT molecular complexity index is 570. The zero-order chi connectivity index (χ0) is 26.9. The van der Waals surface area contributed by atoms with Crippen LogP contribution in [0.25, 0.3) is 5.76 Å². The number of piperidine rings is 1. The molecule has 1 aromatic rings. The highest BCUT2D eigenvalue weighted by Crippen LogP contribution is 2.28. The molecule has 206 valence electrons. The Labute approximate surface area is 221 Å². The summed E-state index contributed by atoms with van der Waals surface area (Å²) in [5.41, 5.74) is 3.91. The molecule has 0 saturated carbocycles. The molecule has 1 atom stereocenters. The van der Waals surface area contributed by atoms with E-state index >= 15 is 0 Å².